The van der Waals surface area contributed by atoms with Crippen LogP contribution < -0.4 is 5.63 Å². The van der Waals surface area contributed by atoms with Crippen molar-refractivity contribution in [2.45, 2.75) is 16.5 Å². The molecular weight excluding hydrogens is 436 g/mol. The third kappa shape index (κ3) is 3.79. The van der Waals surface area contributed by atoms with Gasteiger partial charge in [-0.05, 0) is 29.8 Å². The molecule has 156 valence electrons. The van der Waals surface area contributed by atoms with Gasteiger partial charge in [0.2, 0.25) is 5.16 Å². The van der Waals surface area contributed by atoms with Gasteiger partial charge >= 0.3 is 5.63 Å². The van der Waals surface area contributed by atoms with Crippen molar-refractivity contribution in [1.29, 1.82) is 0 Å². The number of sulfone groups is 1. The summed E-state index contributed by atoms with van der Waals surface area (Å²) in [5, 5.41) is 14.5. The van der Waals surface area contributed by atoms with E-state index in [-0.39, 0.29) is 4.90 Å². The zero-order chi connectivity index (χ0) is 21.6. The molecule has 0 N–H and O–H groups in total. The second kappa shape index (κ2) is 7.47. The average molecular weight is 453 g/mol. The summed E-state index contributed by atoms with van der Waals surface area (Å²) in [5.41, 5.74) is 1.97. The quantitative estimate of drug-likeness (QED) is 0.438. The Hall–Kier alpha value is -3.24. The lowest BCUT2D eigenvalue weighted by Gasteiger charge is -2.13. The molecule has 8 nitrogen and oxygen atoms in total. The van der Waals surface area contributed by atoms with E-state index in [1.54, 1.807) is 41.1 Å². The molecule has 0 bridgehead atoms. The molecular formula is C21H16N4O4S2. The van der Waals surface area contributed by atoms with Crippen molar-refractivity contribution in [3.63, 3.8) is 0 Å². The van der Waals surface area contributed by atoms with Gasteiger partial charge in [0.1, 0.15) is 5.58 Å². The SMILES string of the molecule is CS(=O)(=O)c1ccc(Cc2nnc3n2N=C(c2cc4ccccc4oc2=O)CS3)cc1. The highest BCUT2D eigenvalue weighted by Gasteiger charge is 2.22. The molecule has 1 aliphatic heterocycles. The maximum Gasteiger partial charge on any atom is 0.345 e. The van der Waals surface area contributed by atoms with E-state index in [1.807, 2.05) is 18.2 Å². The van der Waals surface area contributed by atoms with Gasteiger partial charge < -0.3 is 4.42 Å². The van der Waals surface area contributed by atoms with Crippen molar-refractivity contribution >= 4 is 38.3 Å². The van der Waals surface area contributed by atoms with Crippen LogP contribution in [0.15, 0.2) is 79.0 Å². The van der Waals surface area contributed by atoms with Crippen molar-refractivity contribution in [1.82, 2.24) is 14.9 Å². The summed E-state index contributed by atoms with van der Waals surface area (Å²) in [6.45, 7) is 0. The van der Waals surface area contributed by atoms with E-state index in [2.05, 4.69) is 15.3 Å². The van der Waals surface area contributed by atoms with E-state index in [0.29, 0.717) is 40.0 Å². The van der Waals surface area contributed by atoms with Crippen molar-refractivity contribution in [3.05, 3.63) is 82.0 Å². The Morgan fingerprint density at radius 1 is 1.10 bits per heavy atom. The molecule has 0 saturated carbocycles. The molecule has 0 saturated heterocycles. The van der Waals surface area contributed by atoms with Crippen LogP contribution in [0.4, 0.5) is 0 Å². The molecule has 4 aromatic rings. The molecule has 31 heavy (non-hydrogen) atoms. The topological polar surface area (TPSA) is 107 Å². The van der Waals surface area contributed by atoms with Gasteiger partial charge in [-0.2, -0.15) is 9.78 Å². The largest absolute Gasteiger partial charge is 0.422 e. The number of aromatic nitrogens is 3. The maximum atomic E-state index is 12.5. The average Bonchev–Trinajstić information content (AvgIpc) is 3.15. The standard InChI is InChI=1S/C21H16N4O4S2/c1-31(27,28)15-8-6-13(7-9-15)10-19-22-23-21-25(19)24-17(12-30-21)16-11-14-4-2-3-5-18(14)29-20(16)26/h2-9,11H,10,12H2,1H3. The highest BCUT2D eigenvalue weighted by atomic mass is 32.2. The molecule has 2 aromatic carbocycles. The molecule has 10 heteroatoms. The van der Waals surface area contributed by atoms with Gasteiger partial charge in [0.25, 0.3) is 0 Å². The number of fused-ring (bicyclic) bond motifs is 2. The van der Waals surface area contributed by atoms with Gasteiger partial charge in [-0.25, -0.2) is 13.2 Å². The van der Waals surface area contributed by atoms with Crippen molar-refractivity contribution in [3.8, 4) is 0 Å². The number of hydrogen-bond donors (Lipinski definition) is 0. The van der Waals surface area contributed by atoms with Crippen LogP contribution in [0.1, 0.15) is 17.0 Å². The molecule has 5 rings (SSSR count). The van der Waals surface area contributed by atoms with Gasteiger partial charge in [0.15, 0.2) is 15.7 Å². The summed E-state index contributed by atoms with van der Waals surface area (Å²) < 4.78 is 30.4. The Balaban J connectivity index is 1.50. The zero-order valence-corrected chi connectivity index (χ0v) is 18.0. The van der Waals surface area contributed by atoms with Gasteiger partial charge in [0.05, 0.1) is 16.2 Å². The van der Waals surface area contributed by atoms with E-state index in [9.17, 15) is 13.2 Å². The Kier molecular flexibility index (Phi) is 4.75. The fourth-order valence-corrected chi connectivity index (χ4v) is 4.79. The first-order chi connectivity index (χ1) is 14.9. The molecule has 0 radical (unpaired) electrons. The Labute approximate surface area is 181 Å². The van der Waals surface area contributed by atoms with Crippen LogP contribution in [0.2, 0.25) is 0 Å². The highest BCUT2D eigenvalue weighted by molar-refractivity contribution is 7.99. The molecule has 0 unspecified atom stereocenters. The second-order valence-electron chi connectivity index (χ2n) is 7.12. The minimum absolute atomic E-state index is 0.262. The third-order valence-electron chi connectivity index (χ3n) is 4.90. The predicted molar refractivity (Wildman–Crippen MR) is 118 cm³/mol. The van der Waals surface area contributed by atoms with Crippen molar-refractivity contribution in [2.75, 3.05) is 12.0 Å². The molecule has 0 atom stereocenters. The number of para-hydroxylation sites is 1. The van der Waals surface area contributed by atoms with E-state index < -0.39 is 15.5 Å². The Morgan fingerprint density at radius 3 is 2.65 bits per heavy atom. The first-order valence-corrected chi connectivity index (χ1v) is 12.2. The van der Waals surface area contributed by atoms with E-state index >= 15 is 0 Å². The van der Waals surface area contributed by atoms with E-state index in [0.717, 1.165) is 10.9 Å². The molecule has 2 aromatic heterocycles. The van der Waals surface area contributed by atoms with Crippen molar-refractivity contribution < 1.29 is 12.8 Å². The van der Waals surface area contributed by atoms with Crippen molar-refractivity contribution in [2.24, 2.45) is 5.10 Å². The summed E-state index contributed by atoms with van der Waals surface area (Å²) in [7, 11) is -3.25. The number of rotatable bonds is 4. The monoisotopic (exact) mass is 452 g/mol. The van der Waals surface area contributed by atoms with Crippen LogP contribution in [-0.4, -0.2) is 41.0 Å². The third-order valence-corrected chi connectivity index (χ3v) is 6.96. The minimum atomic E-state index is -3.25. The van der Waals surface area contributed by atoms with Gasteiger partial charge in [-0.3, -0.25) is 0 Å². The lowest BCUT2D eigenvalue weighted by molar-refractivity contribution is 0.559. The highest BCUT2D eigenvalue weighted by Crippen LogP contribution is 2.25. The molecule has 0 amide bonds. The smallest absolute Gasteiger partial charge is 0.345 e. The minimum Gasteiger partial charge on any atom is -0.422 e. The first kappa shape index (κ1) is 19.7. The zero-order valence-electron chi connectivity index (χ0n) is 16.3. The van der Waals surface area contributed by atoms with Crippen LogP contribution in [-0.2, 0) is 16.3 Å². The lowest BCUT2D eigenvalue weighted by Crippen LogP contribution is -2.21. The van der Waals surface area contributed by atoms with Gasteiger partial charge in [-0.1, -0.05) is 42.1 Å². The van der Waals surface area contributed by atoms with Crippen LogP contribution in [0.3, 0.4) is 0 Å². The number of thioether (sulfide) groups is 1. The lowest BCUT2D eigenvalue weighted by atomic mass is 10.1. The number of hydrogen-bond acceptors (Lipinski definition) is 8. The fourth-order valence-electron chi connectivity index (χ4n) is 3.31. The fraction of sp³-hybridized carbons (Fsp3) is 0.143. The predicted octanol–water partition coefficient (Wildman–Crippen LogP) is 2.74. The van der Waals surface area contributed by atoms with Crippen LogP contribution in [0.25, 0.3) is 11.0 Å². The Bertz CT molecular complexity index is 1500. The summed E-state index contributed by atoms with van der Waals surface area (Å²) in [4.78, 5) is 12.8. The number of nitrogens with zero attached hydrogens (tertiary/aromatic N) is 4. The van der Waals surface area contributed by atoms with Crippen LogP contribution >= 0.6 is 11.8 Å². The molecule has 0 spiro atoms. The molecule has 3 heterocycles. The van der Waals surface area contributed by atoms with Gasteiger partial charge in [-0.15, -0.1) is 10.2 Å². The molecule has 1 aliphatic rings. The number of benzene rings is 2. The maximum absolute atomic E-state index is 12.5. The van der Waals surface area contributed by atoms with Crippen LogP contribution in [0, 0.1) is 0 Å². The van der Waals surface area contributed by atoms with Crippen LogP contribution in [0.5, 0.6) is 0 Å². The Morgan fingerprint density at radius 2 is 1.87 bits per heavy atom. The molecule has 0 fully saturated rings. The summed E-state index contributed by atoms with van der Waals surface area (Å²) in [5.74, 6) is 1.07. The first-order valence-electron chi connectivity index (χ1n) is 9.36. The molecule has 0 aliphatic carbocycles. The summed E-state index contributed by atoms with van der Waals surface area (Å²) >= 11 is 1.44. The summed E-state index contributed by atoms with van der Waals surface area (Å²) in [6.07, 6.45) is 1.59. The summed E-state index contributed by atoms with van der Waals surface area (Å²) in [6, 6.07) is 15.8. The van der Waals surface area contributed by atoms with E-state index in [4.69, 9.17) is 4.42 Å². The van der Waals surface area contributed by atoms with E-state index in [1.165, 1.54) is 18.0 Å². The normalized spacial score (nSPS) is 13.8. The van der Waals surface area contributed by atoms with Gasteiger partial charge in [0, 0.05) is 23.8 Å². The second-order valence-corrected chi connectivity index (χ2v) is 10.1.